The van der Waals surface area contributed by atoms with Gasteiger partial charge in [-0.25, -0.2) is 0 Å². The van der Waals surface area contributed by atoms with Gasteiger partial charge in [0.15, 0.2) is 0 Å². The molecule has 2 rings (SSSR count). The highest BCUT2D eigenvalue weighted by molar-refractivity contribution is 4.91. The van der Waals surface area contributed by atoms with E-state index in [0.717, 1.165) is 45.5 Å². The summed E-state index contributed by atoms with van der Waals surface area (Å²) >= 11 is 0. The molecule has 0 radical (unpaired) electrons. The molecular weight excluding hydrogens is 250 g/mol. The Bertz CT molecular complexity index is 267. The fourth-order valence-corrected chi connectivity index (χ4v) is 4.03. The van der Waals surface area contributed by atoms with Crippen LogP contribution in [-0.2, 0) is 4.74 Å². The van der Waals surface area contributed by atoms with E-state index in [1.54, 1.807) is 0 Å². The van der Waals surface area contributed by atoms with Crippen LogP contribution in [0.2, 0.25) is 0 Å². The number of ether oxygens (including phenoxy) is 1. The summed E-state index contributed by atoms with van der Waals surface area (Å²) < 4.78 is 6.13. The second-order valence-electron chi connectivity index (χ2n) is 6.73. The summed E-state index contributed by atoms with van der Waals surface area (Å²) in [4.78, 5) is 2.40. The van der Waals surface area contributed by atoms with Crippen LogP contribution in [0.3, 0.4) is 0 Å². The van der Waals surface area contributed by atoms with E-state index in [2.05, 4.69) is 18.7 Å². The van der Waals surface area contributed by atoms with Crippen LogP contribution in [0.15, 0.2) is 0 Å². The van der Waals surface area contributed by atoms with E-state index < -0.39 is 0 Å². The first-order chi connectivity index (χ1) is 9.69. The van der Waals surface area contributed by atoms with Gasteiger partial charge in [-0.05, 0) is 51.1 Å². The van der Waals surface area contributed by atoms with Crippen molar-refractivity contribution >= 4 is 0 Å². The molecule has 2 unspecified atom stereocenters. The van der Waals surface area contributed by atoms with Crippen molar-refractivity contribution in [2.75, 3.05) is 26.2 Å². The molecule has 0 amide bonds. The Morgan fingerprint density at radius 1 is 1.20 bits per heavy atom. The van der Waals surface area contributed by atoms with Gasteiger partial charge in [0.1, 0.15) is 0 Å². The first kappa shape index (κ1) is 16.3. The van der Waals surface area contributed by atoms with Gasteiger partial charge in [-0.3, -0.25) is 0 Å². The number of hydrogen-bond acceptors (Lipinski definition) is 3. The zero-order valence-electron chi connectivity index (χ0n) is 13.4. The summed E-state index contributed by atoms with van der Waals surface area (Å²) in [6.45, 7) is 8.44. The summed E-state index contributed by atoms with van der Waals surface area (Å²) in [5.41, 5.74) is 0.122. The Balaban J connectivity index is 1.81. The lowest BCUT2D eigenvalue weighted by Gasteiger charge is -2.44. The maximum atomic E-state index is 10.5. The van der Waals surface area contributed by atoms with Crippen LogP contribution in [-0.4, -0.2) is 48.0 Å². The standard InChI is InChI=1S/C17H33NO2/c1-3-18(4-2)12-8-16(19)15-9-13-20-17(14-15)10-6-5-7-11-17/h15-16,19H,3-14H2,1-2H3. The van der Waals surface area contributed by atoms with Crippen molar-refractivity contribution in [2.45, 2.75) is 76.9 Å². The third-order valence-corrected chi connectivity index (χ3v) is 5.48. The molecule has 1 saturated carbocycles. The molecule has 1 aliphatic carbocycles. The monoisotopic (exact) mass is 283 g/mol. The summed E-state index contributed by atoms with van der Waals surface area (Å²) in [5, 5.41) is 10.5. The smallest absolute Gasteiger partial charge is 0.0686 e. The van der Waals surface area contributed by atoms with Crippen molar-refractivity contribution in [3.05, 3.63) is 0 Å². The molecule has 3 nitrogen and oxygen atoms in total. The van der Waals surface area contributed by atoms with E-state index in [4.69, 9.17) is 4.74 Å². The summed E-state index contributed by atoms with van der Waals surface area (Å²) in [5.74, 6) is 0.456. The van der Waals surface area contributed by atoms with Crippen LogP contribution >= 0.6 is 0 Å². The zero-order valence-corrected chi connectivity index (χ0v) is 13.4. The highest BCUT2D eigenvalue weighted by Crippen LogP contribution is 2.41. The molecular formula is C17H33NO2. The van der Waals surface area contributed by atoms with Crippen molar-refractivity contribution in [3.63, 3.8) is 0 Å². The number of aliphatic hydroxyl groups is 1. The maximum absolute atomic E-state index is 10.5. The van der Waals surface area contributed by atoms with Crippen LogP contribution in [0, 0.1) is 5.92 Å². The fourth-order valence-electron chi connectivity index (χ4n) is 4.03. The van der Waals surface area contributed by atoms with Gasteiger partial charge >= 0.3 is 0 Å². The lowest BCUT2D eigenvalue weighted by atomic mass is 9.74. The predicted molar refractivity (Wildman–Crippen MR) is 82.9 cm³/mol. The quantitative estimate of drug-likeness (QED) is 0.812. The SMILES string of the molecule is CCN(CC)CCC(O)C1CCOC2(CCCCC2)C1. The van der Waals surface area contributed by atoms with Crippen molar-refractivity contribution in [3.8, 4) is 0 Å². The van der Waals surface area contributed by atoms with Gasteiger partial charge in [0.25, 0.3) is 0 Å². The summed E-state index contributed by atoms with van der Waals surface area (Å²) in [6.07, 6.45) is 9.32. The molecule has 1 spiro atoms. The number of nitrogens with zero attached hydrogens (tertiary/aromatic N) is 1. The highest BCUT2D eigenvalue weighted by Gasteiger charge is 2.40. The molecule has 0 aromatic carbocycles. The minimum atomic E-state index is -0.140. The molecule has 1 heterocycles. The topological polar surface area (TPSA) is 32.7 Å². The highest BCUT2D eigenvalue weighted by atomic mass is 16.5. The minimum Gasteiger partial charge on any atom is -0.393 e. The largest absolute Gasteiger partial charge is 0.393 e. The Morgan fingerprint density at radius 2 is 1.90 bits per heavy atom. The van der Waals surface area contributed by atoms with Crippen LogP contribution in [0.1, 0.15) is 65.2 Å². The molecule has 2 fully saturated rings. The first-order valence-electron chi connectivity index (χ1n) is 8.73. The van der Waals surface area contributed by atoms with E-state index in [1.807, 2.05) is 0 Å². The summed E-state index contributed by atoms with van der Waals surface area (Å²) in [7, 11) is 0. The van der Waals surface area contributed by atoms with Gasteiger partial charge in [0, 0.05) is 13.2 Å². The number of rotatable bonds is 6. The average Bonchev–Trinajstić information content (AvgIpc) is 2.49. The third-order valence-electron chi connectivity index (χ3n) is 5.48. The molecule has 118 valence electrons. The molecule has 0 aromatic rings. The number of hydrogen-bond donors (Lipinski definition) is 1. The first-order valence-corrected chi connectivity index (χ1v) is 8.73. The fraction of sp³-hybridized carbons (Fsp3) is 1.00. The van der Waals surface area contributed by atoms with Crippen LogP contribution < -0.4 is 0 Å². The van der Waals surface area contributed by atoms with E-state index in [1.165, 1.54) is 32.1 Å². The van der Waals surface area contributed by atoms with Gasteiger partial charge < -0.3 is 14.7 Å². The minimum absolute atomic E-state index is 0.122. The molecule has 2 aliphatic rings. The van der Waals surface area contributed by atoms with Crippen LogP contribution in [0.5, 0.6) is 0 Å². The van der Waals surface area contributed by atoms with E-state index >= 15 is 0 Å². The molecule has 3 heteroatoms. The van der Waals surface area contributed by atoms with Crippen LogP contribution in [0.4, 0.5) is 0 Å². The van der Waals surface area contributed by atoms with Gasteiger partial charge in [-0.15, -0.1) is 0 Å². The van der Waals surface area contributed by atoms with Gasteiger partial charge in [-0.2, -0.15) is 0 Å². The predicted octanol–water partition coefficient (Wildman–Crippen LogP) is 3.21. The van der Waals surface area contributed by atoms with Gasteiger partial charge in [-0.1, -0.05) is 33.1 Å². The molecule has 0 bridgehead atoms. The van der Waals surface area contributed by atoms with Crippen molar-refractivity contribution in [2.24, 2.45) is 5.92 Å². The Morgan fingerprint density at radius 3 is 2.55 bits per heavy atom. The van der Waals surface area contributed by atoms with E-state index in [0.29, 0.717) is 5.92 Å². The Hall–Kier alpha value is -0.120. The molecule has 1 N–H and O–H groups in total. The molecule has 0 aromatic heterocycles. The molecule has 1 saturated heterocycles. The third kappa shape index (κ3) is 4.19. The lowest BCUT2D eigenvalue weighted by Crippen LogP contribution is -2.44. The second-order valence-corrected chi connectivity index (χ2v) is 6.73. The van der Waals surface area contributed by atoms with E-state index in [9.17, 15) is 5.11 Å². The zero-order chi connectivity index (χ0) is 14.4. The van der Waals surface area contributed by atoms with Crippen LogP contribution in [0.25, 0.3) is 0 Å². The molecule has 1 aliphatic heterocycles. The second kappa shape index (κ2) is 7.77. The maximum Gasteiger partial charge on any atom is 0.0686 e. The van der Waals surface area contributed by atoms with E-state index in [-0.39, 0.29) is 11.7 Å². The Labute approximate surface area is 124 Å². The molecule has 20 heavy (non-hydrogen) atoms. The van der Waals surface area contributed by atoms with Gasteiger partial charge in [0.2, 0.25) is 0 Å². The van der Waals surface area contributed by atoms with Gasteiger partial charge in [0.05, 0.1) is 11.7 Å². The average molecular weight is 283 g/mol. The lowest BCUT2D eigenvalue weighted by molar-refractivity contribution is -0.134. The van der Waals surface area contributed by atoms with Crippen molar-refractivity contribution < 1.29 is 9.84 Å². The number of aliphatic hydroxyl groups excluding tert-OH is 1. The Kier molecular flexibility index (Phi) is 6.31. The van der Waals surface area contributed by atoms with Crippen molar-refractivity contribution in [1.82, 2.24) is 4.90 Å². The summed E-state index contributed by atoms with van der Waals surface area (Å²) in [6, 6.07) is 0. The normalized spacial score (nSPS) is 27.9. The van der Waals surface area contributed by atoms with Crippen molar-refractivity contribution in [1.29, 1.82) is 0 Å². The molecule has 2 atom stereocenters.